The molecule has 1 N–H and O–H groups in total. The van der Waals surface area contributed by atoms with Crippen LogP contribution in [0, 0.1) is 17.7 Å². The lowest BCUT2D eigenvalue weighted by molar-refractivity contribution is -0.140. The summed E-state index contributed by atoms with van der Waals surface area (Å²) in [5.74, 6) is -1.02. The Labute approximate surface area is 158 Å². The summed E-state index contributed by atoms with van der Waals surface area (Å²) in [6.45, 7) is 0.816. The van der Waals surface area contributed by atoms with E-state index in [-0.39, 0.29) is 54.9 Å². The maximum atomic E-state index is 13.4. The summed E-state index contributed by atoms with van der Waals surface area (Å²) in [5.41, 5.74) is 0. The molecule has 1 saturated heterocycles. The first kappa shape index (κ1) is 19.3. The Morgan fingerprint density at radius 3 is 2.48 bits per heavy atom. The fourth-order valence-corrected chi connectivity index (χ4v) is 3.80. The van der Waals surface area contributed by atoms with E-state index in [0.29, 0.717) is 13.0 Å². The number of rotatable bonds is 8. The van der Waals surface area contributed by atoms with Crippen LogP contribution in [0.1, 0.15) is 38.5 Å². The van der Waals surface area contributed by atoms with Crippen LogP contribution in [0.3, 0.4) is 0 Å². The molecule has 1 heterocycles. The SMILES string of the molecule is O=C(CCN1C(=O)C2CCCCC2C1=O)NCCCOc1ccccc1F. The second kappa shape index (κ2) is 8.97. The molecule has 1 aromatic rings. The van der Waals surface area contributed by atoms with Crippen LogP contribution in [0.4, 0.5) is 4.39 Å². The number of benzene rings is 1. The van der Waals surface area contributed by atoms with Crippen LogP contribution in [0.2, 0.25) is 0 Å². The molecule has 2 atom stereocenters. The molecule has 0 bridgehead atoms. The molecule has 1 aromatic carbocycles. The van der Waals surface area contributed by atoms with Gasteiger partial charge in [-0.25, -0.2) is 4.39 Å². The molecule has 0 spiro atoms. The number of fused-ring (bicyclic) bond motifs is 1. The monoisotopic (exact) mass is 376 g/mol. The number of carbonyl (C=O) groups is 3. The maximum Gasteiger partial charge on any atom is 0.233 e. The molecule has 2 aliphatic rings. The Bertz CT molecular complexity index is 685. The molecule has 0 aromatic heterocycles. The fourth-order valence-electron chi connectivity index (χ4n) is 3.80. The zero-order valence-electron chi connectivity index (χ0n) is 15.3. The summed E-state index contributed by atoms with van der Waals surface area (Å²) in [7, 11) is 0. The summed E-state index contributed by atoms with van der Waals surface area (Å²) in [4.78, 5) is 37.9. The Morgan fingerprint density at radius 1 is 1.15 bits per heavy atom. The van der Waals surface area contributed by atoms with E-state index < -0.39 is 5.82 Å². The predicted molar refractivity (Wildman–Crippen MR) is 96.3 cm³/mol. The van der Waals surface area contributed by atoms with Crippen LogP contribution in [0.5, 0.6) is 5.75 Å². The third-order valence-electron chi connectivity index (χ3n) is 5.23. The number of hydrogen-bond donors (Lipinski definition) is 1. The number of nitrogens with one attached hydrogen (secondary N) is 1. The van der Waals surface area contributed by atoms with Gasteiger partial charge in [-0.3, -0.25) is 19.3 Å². The lowest BCUT2D eigenvalue weighted by atomic mass is 9.81. The van der Waals surface area contributed by atoms with Gasteiger partial charge in [-0.1, -0.05) is 25.0 Å². The summed E-state index contributed by atoms with van der Waals surface area (Å²) >= 11 is 0. The summed E-state index contributed by atoms with van der Waals surface area (Å²) in [5, 5.41) is 2.74. The Balaban J connectivity index is 1.33. The number of para-hydroxylation sites is 1. The van der Waals surface area contributed by atoms with E-state index in [4.69, 9.17) is 4.74 Å². The number of halogens is 1. The van der Waals surface area contributed by atoms with Crippen molar-refractivity contribution in [3.05, 3.63) is 30.1 Å². The molecule has 27 heavy (non-hydrogen) atoms. The largest absolute Gasteiger partial charge is 0.490 e. The number of amides is 3. The van der Waals surface area contributed by atoms with Gasteiger partial charge in [0.1, 0.15) is 0 Å². The van der Waals surface area contributed by atoms with Gasteiger partial charge in [0.25, 0.3) is 0 Å². The standard InChI is InChI=1S/C20H25FN2O4/c21-16-8-3-4-9-17(16)27-13-5-11-22-18(24)10-12-23-19(25)14-6-1-2-7-15(14)20(23)26/h3-4,8-9,14-15H,1-2,5-7,10-13H2,(H,22,24). The normalized spacial score (nSPS) is 21.9. The highest BCUT2D eigenvalue weighted by Crippen LogP contribution is 2.37. The van der Waals surface area contributed by atoms with Crippen molar-refractivity contribution in [2.45, 2.75) is 38.5 Å². The van der Waals surface area contributed by atoms with Gasteiger partial charge >= 0.3 is 0 Å². The first-order valence-electron chi connectivity index (χ1n) is 9.57. The van der Waals surface area contributed by atoms with Gasteiger partial charge in [-0.15, -0.1) is 0 Å². The second-order valence-corrected chi connectivity index (χ2v) is 7.06. The van der Waals surface area contributed by atoms with E-state index in [1.54, 1.807) is 18.2 Å². The molecular weight excluding hydrogens is 351 g/mol. The molecule has 7 heteroatoms. The molecule has 2 fully saturated rings. The molecule has 6 nitrogen and oxygen atoms in total. The molecule has 1 saturated carbocycles. The smallest absolute Gasteiger partial charge is 0.233 e. The Kier molecular flexibility index (Phi) is 6.42. The van der Waals surface area contributed by atoms with E-state index in [0.717, 1.165) is 25.7 Å². The minimum absolute atomic E-state index is 0.102. The lowest BCUT2D eigenvalue weighted by Crippen LogP contribution is -2.35. The van der Waals surface area contributed by atoms with Crippen LogP contribution >= 0.6 is 0 Å². The Hall–Kier alpha value is -2.44. The minimum atomic E-state index is -0.415. The van der Waals surface area contributed by atoms with Crippen LogP contribution in [0.25, 0.3) is 0 Å². The predicted octanol–water partition coefficient (Wildman–Crippen LogP) is 2.28. The molecule has 2 unspecified atom stereocenters. The van der Waals surface area contributed by atoms with E-state index in [1.807, 2.05) is 0 Å². The summed E-state index contributed by atoms with van der Waals surface area (Å²) < 4.78 is 18.7. The van der Waals surface area contributed by atoms with Gasteiger partial charge in [-0.2, -0.15) is 0 Å². The highest BCUT2D eigenvalue weighted by Gasteiger charge is 2.47. The topological polar surface area (TPSA) is 75.7 Å². The molecule has 1 aliphatic heterocycles. The number of carbonyl (C=O) groups excluding carboxylic acids is 3. The first-order chi connectivity index (χ1) is 13.1. The van der Waals surface area contributed by atoms with Crippen molar-refractivity contribution in [3.63, 3.8) is 0 Å². The van der Waals surface area contributed by atoms with Crippen molar-refractivity contribution < 1.29 is 23.5 Å². The molecule has 0 radical (unpaired) electrons. The molecular formula is C20H25FN2O4. The highest BCUT2D eigenvalue weighted by molar-refractivity contribution is 6.05. The van der Waals surface area contributed by atoms with Gasteiger partial charge in [-0.05, 0) is 31.4 Å². The molecule has 3 rings (SSSR count). The van der Waals surface area contributed by atoms with Crippen molar-refractivity contribution >= 4 is 17.7 Å². The summed E-state index contributed by atoms with van der Waals surface area (Å²) in [6.07, 6.45) is 4.17. The van der Waals surface area contributed by atoms with Crippen molar-refractivity contribution in [3.8, 4) is 5.75 Å². The third-order valence-corrected chi connectivity index (χ3v) is 5.23. The van der Waals surface area contributed by atoms with E-state index in [9.17, 15) is 18.8 Å². The molecule has 1 aliphatic carbocycles. The Morgan fingerprint density at radius 2 is 1.81 bits per heavy atom. The quantitative estimate of drug-likeness (QED) is 0.558. The zero-order chi connectivity index (χ0) is 19.2. The second-order valence-electron chi connectivity index (χ2n) is 7.06. The maximum absolute atomic E-state index is 13.4. The van der Waals surface area contributed by atoms with E-state index in [2.05, 4.69) is 5.32 Å². The van der Waals surface area contributed by atoms with Crippen LogP contribution < -0.4 is 10.1 Å². The average Bonchev–Trinajstić information content (AvgIpc) is 2.92. The number of ether oxygens (including phenoxy) is 1. The van der Waals surface area contributed by atoms with Crippen molar-refractivity contribution in [2.75, 3.05) is 19.7 Å². The average molecular weight is 376 g/mol. The van der Waals surface area contributed by atoms with Crippen molar-refractivity contribution in [1.82, 2.24) is 10.2 Å². The lowest BCUT2D eigenvalue weighted by Gasteiger charge is -2.19. The number of nitrogens with zero attached hydrogens (tertiary/aromatic N) is 1. The number of likely N-dealkylation sites (tertiary alicyclic amines) is 1. The van der Waals surface area contributed by atoms with Gasteiger partial charge in [0.2, 0.25) is 17.7 Å². The fraction of sp³-hybridized carbons (Fsp3) is 0.550. The molecule has 3 amide bonds. The van der Waals surface area contributed by atoms with Crippen molar-refractivity contribution in [1.29, 1.82) is 0 Å². The van der Waals surface area contributed by atoms with Gasteiger partial charge in [0.05, 0.1) is 18.4 Å². The highest BCUT2D eigenvalue weighted by atomic mass is 19.1. The zero-order valence-corrected chi connectivity index (χ0v) is 15.3. The molecule has 146 valence electrons. The van der Waals surface area contributed by atoms with Crippen LogP contribution in [-0.2, 0) is 14.4 Å². The van der Waals surface area contributed by atoms with Crippen LogP contribution in [0.15, 0.2) is 24.3 Å². The first-order valence-corrected chi connectivity index (χ1v) is 9.57. The number of imide groups is 1. The van der Waals surface area contributed by atoms with E-state index >= 15 is 0 Å². The van der Waals surface area contributed by atoms with Crippen molar-refractivity contribution in [2.24, 2.45) is 11.8 Å². The van der Waals surface area contributed by atoms with Gasteiger partial charge in [0, 0.05) is 19.5 Å². The van der Waals surface area contributed by atoms with Crippen LogP contribution in [-0.4, -0.2) is 42.3 Å². The van der Waals surface area contributed by atoms with E-state index in [1.165, 1.54) is 11.0 Å². The van der Waals surface area contributed by atoms with Gasteiger partial charge in [0.15, 0.2) is 11.6 Å². The number of hydrogen-bond acceptors (Lipinski definition) is 4. The minimum Gasteiger partial charge on any atom is -0.490 e. The van der Waals surface area contributed by atoms with Gasteiger partial charge < -0.3 is 10.1 Å². The third kappa shape index (κ3) is 4.64. The summed E-state index contributed by atoms with van der Waals surface area (Å²) in [6, 6.07) is 6.16.